The summed E-state index contributed by atoms with van der Waals surface area (Å²) in [6.45, 7) is 11.2. The van der Waals surface area contributed by atoms with Gasteiger partial charge in [-0.25, -0.2) is 8.42 Å². The van der Waals surface area contributed by atoms with Gasteiger partial charge in [0.1, 0.15) is 12.2 Å². The molecule has 0 radical (unpaired) electrons. The van der Waals surface area contributed by atoms with E-state index in [4.69, 9.17) is 14.2 Å². The quantitative estimate of drug-likeness (QED) is 0.813. The number of sulfonamides is 1. The van der Waals surface area contributed by atoms with Gasteiger partial charge in [-0.1, -0.05) is 17.7 Å². The number of ether oxygens (including phenoxy) is 3. The number of piperidine rings is 1. The number of hydrogen-bond acceptors (Lipinski definition) is 6. The molecule has 8 heteroatoms. The second kappa shape index (κ2) is 7.34. The number of aliphatic hydroxyl groups excluding tert-OH is 1. The van der Waals surface area contributed by atoms with Crippen LogP contribution in [-0.4, -0.2) is 66.7 Å². The summed E-state index contributed by atoms with van der Waals surface area (Å²) in [6, 6.07) is 6.08. The maximum absolute atomic E-state index is 13.4. The van der Waals surface area contributed by atoms with Crippen molar-refractivity contribution in [2.45, 2.75) is 82.2 Å². The molecule has 2 aliphatic heterocycles. The van der Waals surface area contributed by atoms with Crippen molar-refractivity contribution in [2.75, 3.05) is 13.2 Å². The summed E-state index contributed by atoms with van der Waals surface area (Å²) in [5.74, 6) is -0.903. The van der Waals surface area contributed by atoms with Crippen molar-refractivity contribution in [3.63, 3.8) is 0 Å². The van der Waals surface area contributed by atoms with E-state index < -0.39 is 45.8 Å². The summed E-state index contributed by atoms with van der Waals surface area (Å²) in [5, 5.41) is 10.6. The number of benzene rings is 1. The minimum atomic E-state index is -3.85. The lowest BCUT2D eigenvalue weighted by Crippen LogP contribution is -2.63. The molecule has 0 spiro atoms. The molecule has 0 saturated carbocycles. The molecule has 3 rings (SSSR count). The molecule has 4 atom stereocenters. The Morgan fingerprint density at radius 1 is 1.18 bits per heavy atom. The Labute approximate surface area is 167 Å². The van der Waals surface area contributed by atoms with Crippen LogP contribution in [0.4, 0.5) is 0 Å². The molecule has 2 saturated heterocycles. The fraction of sp³-hybridized carbons (Fsp3) is 0.700. The third-order valence-corrected chi connectivity index (χ3v) is 6.88. The van der Waals surface area contributed by atoms with Crippen molar-refractivity contribution >= 4 is 10.0 Å². The van der Waals surface area contributed by atoms with Gasteiger partial charge in [-0.3, -0.25) is 0 Å². The second-order valence-corrected chi connectivity index (χ2v) is 10.9. The van der Waals surface area contributed by atoms with Crippen LogP contribution in [0.3, 0.4) is 0 Å². The van der Waals surface area contributed by atoms with Crippen LogP contribution in [0.1, 0.15) is 40.2 Å². The summed E-state index contributed by atoms with van der Waals surface area (Å²) in [6.07, 6.45) is -2.22. The van der Waals surface area contributed by atoms with Gasteiger partial charge < -0.3 is 19.3 Å². The van der Waals surface area contributed by atoms with E-state index in [0.29, 0.717) is 0 Å². The third kappa shape index (κ3) is 4.42. The first kappa shape index (κ1) is 21.7. The largest absolute Gasteiger partial charge is 0.389 e. The second-order valence-electron chi connectivity index (χ2n) is 9.01. The Hall–Kier alpha value is -1.03. The summed E-state index contributed by atoms with van der Waals surface area (Å²) in [4.78, 5) is 0.183. The molecule has 158 valence electrons. The predicted molar refractivity (Wildman–Crippen MR) is 104 cm³/mol. The fourth-order valence-electron chi connectivity index (χ4n) is 3.64. The molecule has 0 amide bonds. The zero-order valence-electron chi connectivity index (χ0n) is 17.4. The van der Waals surface area contributed by atoms with Crippen LogP contribution in [0.25, 0.3) is 0 Å². The lowest BCUT2D eigenvalue weighted by molar-refractivity contribution is -0.154. The van der Waals surface area contributed by atoms with E-state index in [1.165, 1.54) is 4.31 Å². The smallest absolute Gasteiger partial charge is 0.243 e. The predicted octanol–water partition coefficient (Wildman–Crippen LogP) is 2.06. The van der Waals surface area contributed by atoms with Crippen molar-refractivity contribution in [1.29, 1.82) is 0 Å². The first-order chi connectivity index (χ1) is 12.8. The highest BCUT2D eigenvalue weighted by molar-refractivity contribution is 7.89. The summed E-state index contributed by atoms with van der Waals surface area (Å²) in [7, 11) is -3.85. The molecule has 1 aromatic carbocycles. The zero-order valence-corrected chi connectivity index (χ0v) is 18.2. The van der Waals surface area contributed by atoms with Gasteiger partial charge in [-0.2, -0.15) is 4.31 Å². The summed E-state index contributed by atoms with van der Waals surface area (Å²) < 4.78 is 45.9. The molecule has 2 aliphatic rings. The van der Waals surface area contributed by atoms with Gasteiger partial charge in [0.05, 0.1) is 29.2 Å². The number of hydrogen-bond donors (Lipinski definition) is 1. The molecule has 0 bridgehead atoms. The van der Waals surface area contributed by atoms with Crippen LogP contribution in [0.15, 0.2) is 29.2 Å². The van der Waals surface area contributed by atoms with Crippen LogP contribution in [0.2, 0.25) is 0 Å². The summed E-state index contributed by atoms with van der Waals surface area (Å²) in [5.41, 5.74) is 0.527. The minimum Gasteiger partial charge on any atom is -0.389 e. The van der Waals surface area contributed by atoms with Gasteiger partial charge in [-0.15, -0.1) is 0 Å². The summed E-state index contributed by atoms with van der Waals surface area (Å²) >= 11 is 0. The Kier molecular flexibility index (Phi) is 5.68. The third-order valence-electron chi connectivity index (χ3n) is 4.97. The number of rotatable bonds is 4. The molecule has 1 N–H and O–H groups in total. The van der Waals surface area contributed by atoms with Crippen LogP contribution in [-0.2, 0) is 24.2 Å². The topological polar surface area (TPSA) is 85.3 Å². The molecule has 0 unspecified atom stereocenters. The van der Waals surface area contributed by atoms with Crippen LogP contribution < -0.4 is 0 Å². The number of fused-ring (bicyclic) bond motifs is 1. The van der Waals surface area contributed by atoms with Crippen molar-refractivity contribution in [3.05, 3.63) is 29.8 Å². The van der Waals surface area contributed by atoms with Crippen molar-refractivity contribution in [2.24, 2.45) is 0 Å². The van der Waals surface area contributed by atoms with E-state index in [0.717, 1.165) is 5.56 Å². The van der Waals surface area contributed by atoms with Crippen molar-refractivity contribution in [3.8, 4) is 0 Å². The van der Waals surface area contributed by atoms with E-state index >= 15 is 0 Å². The van der Waals surface area contributed by atoms with Gasteiger partial charge in [0, 0.05) is 6.54 Å². The van der Waals surface area contributed by atoms with Gasteiger partial charge in [0.25, 0.3) is 0 Å². The highest BCUT2D eigenvalue weighted by Crippen LogP contribution is 2.39. The molecule has 1 aromatic rings. The van der Waals surface area contributed by atoms with Gasteiger partial charge in [-0.05, 0) is 53.7 Å². The van der Waals surface area contributed by atoms with Crippen LogP contribution in [0, 0.1) is 6.92 Å². The molecular formula is C20H31NO6S. The first-order valence-electron chi connectivity index (χ1n) is 9.56. The van der Waals surface area contributed by atoms with Crippen molar-refractivity contribution in [1.82, 2.24) is 4.31 Å². The molecular weight excluding hydrogens is 382 g/mol. The van der Waals surface area contributed by atoms with Gasteiger partial charge in [0.15, 0.2) is 5.79 Å². The van der Waals surface area contributed by atoms with Crippen LogP contribution >= 0.6 is 0 Å². The minimum absolute atomic E-state index is 0.0744. The fourth-order valence-corrected chi connectivity index (χ4v) is 5.27. The first-order valence-corrected chi connectivity index (χ1v) is 11.0. The highest BCUT2D eigenvalue weighted by Gasteiger charge is 2.56. The lowest BCUT2D eigenvalue weighted by atomic mass is 9.96. The number of nitrogens with zero attached hydrogens (tertiary/aromatic N) is 1. The van der Waals surface area contributed by atoms with E-state index in [-0.39, 0.29) is 18.0 Å². The SMILES string of the molecule is Cc1ccc(S(=O)(=O)N2C[C@@H](O)[C@H]3OC(C)(C)O[C@@H]3[C@H]2COC(C)(C)C)cc1. The van der Waals surface area contributed by atoms with E-state index in [1.807, 2.05) is 27.7 Å². The normalized spacial score (nSPS) is 31.0. The zero-order chi connectivity index (χ0) is 20.9. The molecule has 0 aromatic heterocycles. The van der Waals surface area contributed by atoms with Crippen LogP contribution in [0.5, 0.6) is 0 Å². The average molecular weight is 414 g/mol. The standard InChI is InChI=1S/C20H31NO6S/c1-13-7-9-14(10-8-13)28(23,24)21-11-16(22)18-17(26-20(5,6)27-18)15(21)12-25-19(2,3)4/h7-10,15-18,22H,11-12H2,1-6H3/t15-,16-,17-,18-/m1/s1. The Morgan fingerprint density at radius 3 is 2.32 bits per heavy atom. The molecule has 0 aliphatic carbocycles. The monoisotopic (exact) mass is 413 g/mol. The van der Waals surface area contributed by atoms with Gasteiger partial charge >= 0.3 is 0 Å². The van der Waals surface area contributed by atoms with E-state index in [9.17, 15) is 13.5 Å². The lowest BCUT2D eigenvalue weighted by Gasteiger charge is -2.43. The Morgan fingerprint density at radius 2 is 1.75 bits per heavy atom. The molecule has 2 heterocycles. The van der Waals surface area contributed by atoms with Crippen molar-refractivity contribution < 1.29 is 27.7 Å². The van der Waals surface area contributed by atoms with E-state index in [1.54, 1.807) is 38.1 Å². The molecule has 28 heavy (non-hydrogen) atoms. The highest BCUT2D eigenvalue weighted by atomic mass is 32.2. The van der Waals surface area contributed by atoms with Gasteiger partial charge in [0.2, 0.25) is 10.0 Å². The maximum Gasteiger partial charge on any atom is 0.243 e. The average Bonchev–Trinajstić information content (AvgIpc) is 2.89. The number of aryl methyl sites for hydroxylation is 1. The Balaban J connectivity index is 1.98. The maximum atomic E-state index is 13.4. The Bertz CT molecular complexity index is 799. The number of β-amino-alcohol motifs (C(OH)–C–C–N with tert-alkyl or cyclic N) is 1. The molecule has 2 fully saturated rings. The number of aliphatic hydroxyl groups is 1. The molecule has 7 nitrogen and oxygen atoms in total. The van der Waals surface area contributed by atoms with E-state index in [2.05, 4.69) is 0 Å².